The molecule has 0 aromatic carbocycles. The Morgan fingerprint density at radius 3 is 2.52 bits per heavy atom. The quantitative estimate of drug-likeness (QED) is 0.634. The number of rotatable bonds is 8. The van der Waals surface area contributed by atoms with E-state index in [1.807, 2.05) is 19.1 Å². The van der Waals surface area contributed by atoms with Crippen LogP contribution in [0.4, 0.5) is 11.6 Å². The number of anilines is 2. The number of ether oxygens (including phenoxy) is 1. The topological polar surface area (TPSA) is 105 Å². The zero-order chi connectivity index (χ0) is 22.4. The van der Waals surface area contributed by atoms with E-state index in [0.29, 0.717) is 31.1 Å². The van der Waals surface area contributed by atoms with Gasteiger partial charge in [0.25, 0.3) is 0 Å². The van der Waals surface area contributed by atoms with Crippen molar-refractivity contribution >= 4 is 17.6 Å². The third-order valence-corrected chi connectivity index (χ3v) is 5.27. The van der Waals surface area contributed by atoms with Crippen LogP contribution in [-0.4, -0.2) is 62.8 Å². The Labute approximate surface area is 183 Å². The van der Waals surface area contributed by atoms with Gasteiger partial charge in [-0.15, -0.1) is 0 Å². The summed E-state index contributed by atoms with van der Waals surface area (Å²) in [4.78, 5) is 33.8. The van der Waals surface area contributed by atoms with E-state index < -0.39 is 6.10 Å². The first-order valence-electron chi connectivity index (χ1n) is 10.9. The van der Waals surface area contributed by atoms with Gasteiger partial charge >= 0.3 is 5.97 Å². The summed E-state index contributed by atoms with van der Waals surface area (Å²) in [6.07, 6.45) is 4.46. The van der Waals surface area contributed by atoms with Crippen molar-refractivity contribution in [1.29, 1.82) is 0 Å². The van der Waals surface area contributed by atoms with Crippen molar-refractivity contribution in [3.8, 4) is 0 Å². The maximum atomic E-state index is 11.5. The Bertz CT molecular complexity index is 866. The summed E-state index contributed by atoms with van der Waals surface area (Å²) in [5.41, 5.74) is 0. The van der Waals surface area contributed by atoms with E-state index >= 15 is 0 Å². The average Bonchev–Trinajstić information content (AvgIpc) is 2.74. The molecule has 1 saturated heterocycles. The molecule has 2 aromatic heterocycles. The van der Waals surface area contributed by atoms with Gasteiger partial charge in [-0.05, 0) is 39.3 Å². The smallest absolute Gasteiger partial charge is 0.305 e. The van der Waals surface area contributed by atoms with Crippen LogP contribution in [0.1, 0.15) is 58.3 Å². The Morgan fingerprint density at radius 2 is 1.84 bits per heavy atom. The molecule has 31 heavy (non-hydrogen) atoms. The molecule has 0 saturated carbocycles. The van der Waals surface area contributed by atoms with Crippen LogP contribution in [0.2, 0.25) is 0 Å². The number of esters is 1. The minimum absolute atomic E-state index is 0.180. The molecule has 0 radical (unpaired) electrons. The Hall–Kier alpha value is -2.81. The van der Waals surface area contributed by atoms with Crippen molar-refractivity contribution in [1.82, 2.24) is 19.9 Å². The molecule has 2 aromatic rings. The fraction of sp³-hybridized carbons (Fsp3) is 0.591. The molecule has 1 N–H and O–H groups in total. The van der Waals surface area contributed by atoms with Crippen LogP contribution in [0.5, 0.6) is 0 Å². The molecular weight excluding hydrogens is 396 g/mol. The Kier molecular flexibility index (Phi) is 7.73. The fourth-order valence-corrected chi connectivity index (χ4v) is 3.89. The van der Waals surface area contributed by atoms with Crippen molar-refractivity contribution < 1.29 is 14.6 Å². The van der Waals surface area contributed by atoms with E-state index in [2.05, 4.69) is 38.6 Å². The highest BCUT2D eigenvalue weighted by Crippen LogP contribution is 2.26. The minimum Gasteiger partial charge on any atom is -0.465 e. The van der Waals surface area contributed by atoms with Gasteiger partial charge in [0.1, 0.15) is 23.6 Å². The SMILES string of the molecule is CCCC(=O)OCCc1nccc(N2[C@H](C)CN(c3ccnc([C@@H](C)O)n3)C[C@@H]2C)n1. The molecule has 0 aliphatic carbocycles. The van der Waals surface area contributed by atoms with E-state index in [1.54, 1.807) is 19.3 Å². The van der Waals surface area contributed by atoms with Crippen molar-refractivity contribution in [2.45, 2.75) is 65.1 Å². The number of aliphatic hydroxyl groups excluding tert-OH is 1. The van der Waals surface area contributed by atoms with E-state index in [4.69, 9.17) is 9.72 Å². The lowest BCUT2D eigenvalue weighted by atomic mass is 10.1. The monoisotopic (exact) mass is 428 g/mol. The van der Waals surface area contributed by atoms with Gasteiger partial charge in [-0.1, -0.05) is 6.92 Å². The first kappa shape index (κ1) is 22.9. The van der Waals surface area contributed by atoms with Crippen LogP contribution in [0.25, 0.3) is 0 Å². The first-order valence-corrected chi connectivity index (χ1v) is 10.9. The Morgan fingerprint density at radius 1 is 1.16 bits per heavy atom. The van der Waals surface area contributed by atoms with Gasteiger partial charge in [-0.2, -0.15) is 0 Å². The third-order valence-electron chi connectivity index (χ3n) is 5.27. The zero-order valence-electron chi connectivity index (χ0n) is 18.7. The summed E-state index contributed by atoms with van der Waals surface area (Å²) < 4.78 is 5.23. The second-order valence-corrected chi connectivity index (χ2v) is 8.01. The van der Waals surface area contributed by atoms with Gasteiger partial charge in [0.15, 0.2) is 5.82 Å². The predicted octanol–water partition coefficient (Wildman–Crippen LogP) is 2.31. The van der Waals surface area contributed by atoms with Crippen LogP contribution in [0.3, 0.4) is 0 Å². The van der Waals surface area contributed by atoms with Crippen molar-refractivity contribution in [2.75, 3.05) is 29.5 Å². The Balaban J connectivity index is 1.66. The van der Waals surface area contributed by atoms with Gasteiger partial charge in [0, 0.05) is 50.4 Å². The van der Waals surface area contributed by atoms with Crippen molar-refractivity contribution in [3.05, 3.63) is 36.2 Å². The number of aliphatic hydroxyl groups is 1. The summed E-state index contributed by atoms with van der Waals surface area (Å²) in [5.74, 6) is 2.61. The lowest BCUT2D eigenvalue weighted by molar-refractivity contribution is -0.143. The molecule has 0 amide bonds. The van der Waals surface area contributed by atoms with Gasteiger partial charge in [0.05, 0.1) is 6.61 Å². The maximum Gasteiger partial charge on any atom is 0.305 e. The summed E-state index contributed by atoms with van der Waals surface area (Å²) >= 11 is 0. The van der Waals surface area contributed by atoms with Crippen molar-refractivity contribution in [2.24, 2.45) is 0 Å². The maximum absolute atomic E-state index is 11.5. The van der Waals surface area contributed by atoms with E-state index in [1.165, 1.54) is 0 Å². The average molecular weight is 429 g/mol. The second-order valence-electron chi connectivity index (χ2n) is 8.01. The largest absolute Gasteiger partial charge is 0.465 e. The van der Waals surface area contributed by atoms with Crippen LogP contribution < -0.4 is 9.80 Å². The molecule has 0 spiro atoms. The summed E-state index contributed by atoms with van der Waals surface area (Å²) in [7, 11) is 0. The summed E-state index contributed by atoms with van der Waals surface area (Å²) in [6.45, 7) is 9.78. The predicted molar refractivity (Wildman–Crippen MR) is 118 cm³/mol. The van der Waals surface area contributed by atoms with Gasteiger partial charge in [0.2, 0.25) is 0 Å². The molecule has 3 atom stereocenters. The molecule has 168 valence electrons. The number of hydrogen-bond donors (Lipinski definition) is 1. The number of aromatic nitrogens is 4. The molecule has 9 nitrogen and oxygen atoms in total. The normalized spacial score (nSPS) is 19.9. The molecule has 1 aliphatic heterocycles. The summed E-state index contributed by atoms with van der Waals surface area (Å²) in [5, 5.41) is 9.79. The standard InChI is InChI=1S/C22H32N6O3/c1-5-6-21(30)31-12-9-18-23-10-8-20(25-18)28-15(2)13-27(14-16(28)3)19-7-11-24-22(26-19)17(4)29/h7-8,10-11,15-17,29H,5-6,9,12-14H2,1-4H3/t15-,16+,17-/m1/s1. The molecule has 3 rings (SSSR count). The van der Waals surface area contributed by atoms with Crippen LogP contribution in [0.15, 0.2) is 24.5 Å². The van der Waals surface area contributed by atoms with Crippen LogP contribution in [-0.2, 0) is 16.0 Å². The third kappa shape index (κ3) is 5.88. The van der Waals surface area contributed by atoms with Crippen LogP contribution >= 0.6 is 0 Å². The molecular formula is C22H32N6O3. The second kappa shape index (κ2) is 10.5. The van der Waals surface area contributed by atoms with Crippen molar-refractivity contribution in [3.63, 3.8) is 0 Å². The van der Waals surface area contributed by atoms with Gasteiger partial charge < -0.3 is 19.6 Å². The van der Waals surface area contributed by atoms with Crippen LogP contribution in [0, 0.1) is 0 Å². The number of carbonyl (C=O) groups is 1. The highest BCUT2D eigenvalue weighted by atomic mass is 16.5. The minimum atomic E-state index is -0.697. The van der Waals surface area contributed by atoms with E-state index in [9.17, 15) is 9.90 Å². The molecule has 0 bridgehead atoms. The molecule has 1 fully saturated rings. The number of nitrogens with zero attached hydrogens (tertiary/aromatic N) is 6. The molecule has 0 unspecified atom stereocenters. The van der Waals surface area contributed by atoms with E-state index in [0.717, 1.165) is 31.1 Å². The highest BCUT2D eigenvalue weighted by Gasteiger charge is 2.31. The fourth-order valence-electron chi connectivity index (χ4n) is 3.89. The number of piperazine rings is 1. The number of carbonyl (C=O) groups excluding carboxylic acids is 1. The lowest BCUT2D eigenvalue weighted by Gasteiger charge is -2.45. The first-order chi connectivity index (χ1) is 14.9. The molecule has 1 aliphatic rings. The van der Waals surface area contributed by atoms with E-state index in [-0.39, 0.29) is 18.1 Å². The highest BCUT2D eigenvalue weighted by molar-refractivity contribution is 5.69. The van der Waals surface area contributed by atoms with Gasteiger partial charge in [-0.3, -0.25) is 4.79 Å². The number of hydrogen-bond acceptors (Lipinski definition) is 9. The zero-order valence-corrected chi connectivity index (χ0v) is 18.7. The molecule has 3 heterocycles. The molecule has 9 heteroatoms. The lowest BCUT2D eigenvalue weighted by Crippen LogP contribution is -2.57. The van der Waals surface area contributed by atoms with Gasteiger partial charge in [-0.25, -0.2) is 19.9 Å². The summed E-state index contributed by atoms with van der Waals surface area (Å²) in [6, 6.07) is 4.19.